The molecule has 4 rings (SSSR count). The third-order valence-electron chi connectivity index (χ3n) is 4.25. The smallest absolute Gasteiger partial charge is 0.343 e. The van der Waals surface area contributed by atoms with Crippen LogP contribution in [0.15, 0.2) is 63.8 Å². The number of aliphatic hydroxyl groups is 1. The van der Waals surface area contributed by atoms with E-state index >= 15 is 0 Å². The van der Waals surface area contributed by atoms with Crippen LogP contribution < -0.4 is 10.4 Å². The first-order chi connectivity index (χ1) is 11.1. The van der Waals surface area contributed by atoms with E-state index in [0.29, 0.717) is 28.7 Å². The van der Waals surface area contributed by atoms with Crippen molar-refractivity contribution in [2.45, 2.75) is 25.0 Å². The van der Waals surface area contributed by atoms with Gasteiger partial charge in [0.2, 0.25) is 5.79 Å². The quantitative estimate of drug-likeness (QED) is 0.700. The average Bonchev–Trinajstić information content (AvgIpc) is 2.54. The van der Waals surface area contributed by atoms with Crippen molar-refractivity contribution in [2.24, 2.45) is 0 Å². The van der Waals surface area contributed by atoms with Crippen molar-refractivity contribution in [2.75, 3.05) is 0 Å². The average molecular weight is 308 g/mol. The lowest BCUT2D eigenvalue weighted by molar-refractivity contribution is -0.136. The van der Waals surface area contributed by atoms with Crippen LogP contribution in [0.3, 0.4) is 0 Å². The predicted octanol–water partition coefficient (Wildman–Crippen LogP) is 3.42. The summed E-state index contributed by atoms with van der Waals surface area (Å²) in [6.45, 7) is 1.62. The van der Waals surface area contributed by atoms with Crippen LogP contribution >= 0.6 is 0 Å². The summed E-state index contributed by atoms with van der Waals surface area (Å²) in [5.41, 5.74) is 1.48. The van der Waals surface area contributed by atoms with Crippen LogP contribution in [0.4, 0.5) is 0 Å². The molecule has 2 heterocycles. The van der Waals surface area contributed by atoms with Gasteiger partial charge in [-0.2, -0.15) is 0 Å². The fraction of sp³-hybridized carbons (Fsp3) is 0.211. The Bertz CT molecular complexity index is 925. The predicted molar refractivity (Wildman–Crippen MR) is 86.6 cm³/mol. The van der Waals surface area contributed by atoms with Crippen LogP contribution in [0.5, 0.6) is 5.75 Å². The molecule has 0 unspecified atom stereocenters. The maximum absolute atomic E-state index is 12.5. The molecule has 0 amide bonds. The third kappa shape index (κ3) is 2.32. The Morgan fingerprint density at radius 1 is 1.09 bits per heavy atom. The zero-order chi connectivity index (χ0) is 16.0. The van der Waals surface area contributed by atoms with Crippen LogP contribution in [0.2, 0.25) is 0 Å². The third-order valence-corrected chi connectivity index (χ3v) is 4.25. The molecule has 1 aliphatic rings. The molecule has 0 bridgehead atoms. The first-order valence-electron chi connectivity index (χ1n) is 7.57. The highest BCUT2D eigenvalue weighted by molar-refractivity contribution is 5.85. The van der Waals surface area contributed by atoms with Gasteiger partial charge in [-0.1, -0.05) is 42.5 Å². The molecular weight excluding hydrogens is 292 g/mol. The first kappa shape index (κ1) is 14.0. The van der Waals surface area contributed by atoms with Gasteiger partial charge in [0.25, 0.3) is 0 Å². The number of para-hydroxylation sites is 1. The van der Waals surface area contributed by atoms with Gasteiger partial charge in [0, 0.05) is 19.3 Å². The van der Waals surface area contributed by atoms with Crippen molar-refractivity contribution in [1.29, 1.82) is 0 Å². The van der Waals surface area contributed by atoms with Gasteiger partial charge in [0.05, 0.1) is 10.9 Å². The van der Waals surface area contributed by atoms with Gasteiger partial charge in [-0.3, -0.25) is 0 Å². The van der Waals surface area contributed by atoms with E-state index in [9.17, 15) is 9.90 Å². The highest BCUT2D eigenvalue weighted by Crippen LogP contribution is 2.44. The molecule has 4 heteroatoms. The minimum Gasteiger partial charge on any atom is -0.461 e. The number of ether oxygens (including phenoxy) is 1. The Kier molecular flexibility index (Phi) is 3.03. The van der Waals surface area contributed by atoms with Crippen LogP contribution in [-0.4, -0.2) is 10.9 Å². The van der Waals surface area contributed by atoms with Crippen molar-refractivity contribution >= 4 is 11.0 Å². The van der Waals surface area contributed by atoms with Gasteiger partial charge in [-0.25, -0.2) is 4.79 Å². The zero-order valence-corrected chi connectivity index (χ0v) is 12.7. The molecule has 2 atom stereocenters. The Hall–Kier alpha value is -2.59. The van der Waals surface area contributed by atoms with Gasteiger partial charge >= 0.3 is 5.63 Å². The van der Waals surface area contributed by atoms with Gasteiger partial charge in [-0.05, 0) is 17.7 Å². The number of benzene rings is 2. The molecule has 3 aromatic rings. The topological polar surface area (TPSA) is 59.7 Å². The second-order valence-electron chi connectivity index (χ2n) is 6.07. The van der Waals surface area contributed by atoms with E-state index in [1.165, 1.54) is 0 Å². The summed E-state index contributed by atoms with van der Waals surface area (Å²) in [4.78, 5) is 12.5. The van der Waals surface area contributed by atoms with Gasteiger partial charge in [0.1, 0.15) is 11.3 Å². The molecule has 23 heavy (non-hydrogen) atoms. The molecule has 1 N–H and O–H groups in total. The maximum atomic E-state index is 12.5. The van der Waals surface area contributed by atoms with Crippen molar-refractivity contribution in [3.05, 3.63) is 76.1 Å². The summed E-state index contributed by atoms with van der Waals surface area (Å²) >= 11 is 0. The van der Waals surface area contributed by atoms with E-state index in [1.807, 2.05) is 42.5 Å². The van der Waals surface area contributed by atoms with Gasteiger partial charge in [-0.15, -0.1) is 0 Å². The number of hydrogen-bond acceptors (Lipinski definition) is 4. The minimum absolute atomic E-state index is 0.268. The molecule has 4 nitrogen and oxygen atoms in total. The van der Waals surface area contributed by atoms with E-state index in [1.54, 1.807) is 19.1 Å². The molecule has 1 aromatic heterocycles. The van der Waals surface area contributed by atoms with Gasteiger partial charge in [0.15, 0.2) is 0 Å². The largest absolute Gasteiger partial charge is 0.461 e. The Balaban J connectivity index is 2.04. The molecule has 0 saturated heterocycles. The molecule has 0 aliphatic carbocycles. The summed E-state index contributed by atoms with van der Waals surface area (Å²) in [5.74, 6) is -1.19. The monoisotopic (exact) mass is 308 g/mol. The minimum atomic E-state index is -1.34. The molecule has 0 radical (unpaired) electrons. The maximum Gasteiger partial charge on any atom is 0.343 e. The Morgan fingerprint density at radius 2 is 1.78 bits per heavy atom. The summed E-state index contributed by atoms with van der Waals surface area (Å²) < 4.78 is 11.2. The van der Waals surface area contributed by atoms with Crippen molar-refractivity contribution < 1.29 is 14.3 Å². The van der Waals surface area contributed by atoms with Gasteiger partial charge < -0.3 is 14.3 Å². The van der Waals surface area contributed by atoms with E-state index in [-0.39, 0.29) is 5.92 Å². The van der Waals surface area contributed by atoms with E-state index in [0.717, 1.165) is 5.56 Å². The molecule has 0 fully saturated rings. The molecule has 0 saturated carbocycles. The molecular formula is C19H16O4. The lowest BCUT2D eigenvalue weighted by Crippen LogP contribution is -2.40. The summed E-state index contributed by atoms with van der Waals surface area (Å²) in [7, 11) is 0. The van der Waals surface area contributed by atoms with Crippen LogP contribution in [0, 0.1) is 0 Å². The normalized spacial score (nSPS) is 23.3. The van der Waals surface area contributed by atoms with Crippen LogP contribution in [-0.2, 0) is 0 Å². The lowest BCUT2D eigenvalue weighted by Gasteiger charge is -2.36. The number of rotatable bonds is 1. The van der Waals surface area contributed by atoms with Crippen molar-refractivity contribution in [3.8, 4) is 5.75 Å². The summed E-state index contributed by atoms with van der Waals surface area (Å²) in [6.07, 6.45) is 0.299. The Labute approximate surface area is 132 Å². The highest BCUT2D eigenvalue weighted by Gasteiger charge is 2.39. The van der Waals surface area contributed by atoms with Crippen LogP contribution in [0.1, 0.15) is 30.4 Å². The Morgan fingerprint density at radius 3 is 2.57 bits per heavy atom. The summed E-state index contributed by atoms with van der Waals surface area (Å²) in [5, 5.41) is 11.2. The summed E-state index contributed by atoms with van der Waals surface area (Å²) in [6, 6.07) is 16.9. The fourth-order valence-electron chi connectivity index (χ4n) is 3.26. The van der Waals surface area contributed by atoms with Crippen molar-refractivity contribution in [3.63, 3.8) is 0 Å². The van der Waals surface area contributed by atoms with E-state index < -0.39 is 11.4 Å². The standard InChI is InChI=1S/C19H16O4/c1-19(21)11-14(12-7-3-2-4-8-12)16-17(23-19)13-9-5-6-10-15(13)22-18(16)20/h2-10,14,21H,11H2,1H3/t14-,19-/m1/s1. The molecule has 0 spiro atoms. The number of hydrogen-bond donors (Lipinski definition) is 1. The first-order valence-corrected chi connectivity index (χ1v) is 7.57. The van der Waals surface area contributed by atoms with E-state index in [2.05, 4.69) is 0 Å². The molecule has 1 aliphatic heterocycles. The lowest BCUT2D eigenvalue weighted by atomic mass is 9.83. The number of fused-ring (bicyclic) bond motifs is 3. The molecule has 116 valence electrons. The fourth-order valence-corrected chi connectivity index (χ4v) is 3.26. The highest BCUT2D eigenvalue weighted by atomic mass is 16.6. The second-order valence-corrected chi connectivity index (χ2v) is 6.07. The van der Waals surface area contributed by atoms with Crippen molar-refractivity contribution in [1.82, 2.24) is 0 Å². The van der Waals surface area contributed by atoms with E-state index in [4.69, 9.17) is 9.15 Å². The van der Waals surface area contributed by atoms with Crippen LogP contribution in [0.25, 0.3) is 11.0 Å². The SMILES string of the molecule is C[C@]1(O)C[C@H](c2ccccc2)c2c(c3ccccc3oc2=O)O1. The zero-order valence-electron chi connectivity index (χ0n) is 12.7. The second kappa shape index (κ2) is 4.96. The molecule has 2 aromatic carbocycles.